The highest BCUT2D eigenvalue weighted by molar-refractivity contribution is 7.99. The minimum Gasteiger partial charge on any atom is -0.388 e. The van der Waals surface area contributed by atoms with E-state index in [0.29, 0.717) is 6.54 Å². The fourth-order valence-corrected chi connectivity index (χ4v) is 1.99. The Kier molecular flexibility index (Phi) is 4.12. The van der Waals surface area contributed by atoms with Gasteiger partial charge in [0.2, 0.25) is 0 Å². The fraction of sp³-hybridized carbons (Fsp3) is 0.400. The van der Waals surface area contributed by atoms with E-state index in [4.69, 9.17) is 5.73 Å². The summed E-state index contributed by atoms with van der Waals surface area (Å²) >= 11 is 1.84. The van der Waals surface area contributed by atoms with Gasteiger partial charge in [-0.2, -0.15) is 0 Å². The standard InChI is InChI=1S/C10H16N2S/c1-3-13-10-5-4-9(12-2)6-8(10)7-11/h4-6,12H,3,7,11H2,1-2H3. The molecule has 0 amide bonds. The van der Waals surface area contributed by atoms with Crippen LogP contribution in [-0.2, 0) is 6.54 Å². The number of thioether (sulfide) groups is 1. The van der Waals surface area contributed by atoms with Crippen LogP contribution in [0.1, 0.15) is 12.5 Å². The van der Waals surface area contributed by atoms with E-state index >= 15 is 0 Å². The van der Waals surface area contributed by atoms with Gasteiger partial charge in [0.1, 0.15) is 0 Å². The normalized spacial score (nSPS) is 10.1. The van der Waals surface area contributed by atoms with Crippen molar-refractivity contribution in [2.75, 3.05) is 18.1 Å². The van der Waals surface area contributed by atoms with Crippen molar-refractivity contribution in [1.82, 2.24) is 0 Å². The number of nitrogens with two attached hydrogens (primary N) is 1. The summed E-state index contributed by atoms with van der Waals surface area (Å²) in [6.07, 6.45) is 0. The van der Waals surface area contributed by atoms with Crippen molar-refractivity contribution in [2.24, 2.45) is 5.73 Å². The van der Waals surface area contributed by atoms with Gasteiger partial charge in [-0.25, -0.2) is 0 Å². The molecular weight excluding hydrogens is 180 g/mol. The van der Waals surface area contributed by atoms with Crippen molar-refractivity contribution in [3.8, 4) is 0 Å². The average molecular weight is 196 g/mol. The third kappa shape index (κ3) is 2.64. The molecule has 0 heterocycles. The van der Waals surface area contributed by atoms with Gasteiger partial charge < -0.3 is 11.1 Å². The fourth-order valence-electron chi connectivity index (χ4n) is 1.19. The Morgan fingerprint density at radius 2 is 2.23 bits per heavy atom. The van der Waals surface area contributed by atoms with Gasteiger partial charge in [-0.1, -0.05) is 6.92 Å². The molecule has 3 heteroatoms. The molecule has 1 aromatic carbocycles. The molecule has 0 saturated heterocycles. The molecule has 0 radical (unpaired) electrons. The van der Waals surface area contributed by atoms with Gasteiger partial charge in [0.25, 0.3) is 0 Å². The first-order valence-corrected chi connectivity index (χ1v) is 5.44. The summed E-state index contributed by atoms with van der Waals surface area (Å²) in [6.45, 7) is 2.76. The lowest BCUT2D eigenvalue weighted by atomic mass is 10.2. The number of anilines is 1. The van der Waals surface area contributed by atoms with Gasteiger partial charge in [-0.15, -0.1) is 11.8 Å². The van der Waals surface area contributed by atoms with Crippen LogP contribution < -0.4 is 11.1 Å². The molecule has 0 aliphatic heterocycles. The monoisotopic (exact) mass is 196 g/mol. The third-order valence-corrected chi connectivity index (χ3v) is 2.87. The highest BCUT2D eigenvalue weighted by Crippen LogP contribution is 2.24. The molecule has 0 fully saturated rings. The first-order valence-electron chi connectivity index (χ1n) is 4.45. The van der Waals surface area contributed by atoms with E-state index in [9.17, 15) is 0 Å². The quantitative estimate of drug-likeness (QED) is 0.726. The summed E-state index contributed by atoms with van der Waals surface area (Å²) in [6, 6.07) is 6.32. The Bertz CT molecular complexity index is 274. The van der Waals surface area contributed by atoms with Crippen molar-refractivity contribution in [3.63, 3.8) is 0 Å². The van der Waals surface area contributed by atoms with Gasteiger partial charge in [0, 0.05) is 24.2 Å². The van der Waals surface area contributed by atoms with E-state index in [1.54, 1.807) is 0 Å². The van der Waals surface area contributed by atoms with Crippen LogP contribution in [0.25, 0.3) is 0 Å². The van der Waals surface area contributed by atoms with E-state index in [1.807, 2.05) is 18.8 Å². The molecule has 3 N–H and O–H groups in total. The van der Waals surface area contributed by atoms with Crippen LogP contribution >= 0.6 is 11.8 Å². The Balaban J connectivity index is 2.93. The summed E-state index contributed by atoms with van der Waals surface area (Å²) in [7, 11) is 1.92. The predicted octanol–water partition coefficient (Wildman–Crippen LogP) is 2.30. The van der Waals surface area contributed by atoms with E-state index in [-0.39, 0.29) is 0 Å². The van der Waals surface area contributed by atoms with Crippen LogP contribution in [0.3, 0.4) is 0 Å². The maximum absolute atomic E-state index is 5.66. The number of rotatable bonds is 4. The van der Waals surface area contributed by atoms with E-state index in [0.717, 1.165) is 11.4 Å². The Morgan fingerprint density at radius 3 is 2.77 bits per heavy atom. The second-order valence-corrected chi connectivity index (χ2v) is 4.02. The average Bonchev–Trinajstić information content (AvgIpc) is 2.19. The molecule has 0 unspecified atom stereocenters. The van der Waals surface area contributed by atoms with Crippen molar-refractivity contribution in [1.29, 1.82) is 0 Å². The molecule has 1 aromatic rings. The molecule has 1 rings (SSSR count). The zero-order chi connectivity index (χ0) is 9.68. The minimum atomic E-state index is 0.609. The minimum absolute atomic E-state index is 0.609. The number of nitrogens with one attached hydrogen (secondary N) is 1. The van der Waals surface area contributed by atoms with Crippen molar-refractivity contribution >= 4 is 17.4 Å². The molecule has 72 valence electrons. The van der Waals surface area contributed by atoms with E-state index in [2.05, 4.69) is 30.4 Å². The molecule has 0 saturated carbocycles. The molecular formula is C10H16N2S. The molecule has 0 aliphatic carbocycles. The smallest absolute Gasteiger partial charge is 0.0341 e. The summed E-state index contributed by atoms with van der Waals surface area (Å²) in [4.78, 5) is 1.30. The summed E-state index contributed by atoms with van der Waals surface area (Å²) in [5.41, 5.74) is 8.01. The Morgan fingerprint density at radius 1 is 1.46 bits per heavy atom. The number of hydrogen-bond donors (Lipinski definition) is 2. The van der Waals surface area contributed by atoms with Gasteiger partial charge in [0.15, 0.2) is 0 Å². The highest BCUT2D eigenvalue weighted by Gasteiger charge is 2.01. The largest absolute Gasteiger partial charge is 0.388 e. The zero-order valence-electron chi connectivity index (χ0n) is 8.13. The second-order valence-electron chi connectivity index (χ2n) is 2.71. The van der Waals surface area contributed by atoms with Gasteiger partial charge in [-0.05, 0) is 29.5 Å². The van der Waals surface area contributed by atoms with Gasteiger partial charge in [-0.3, -0.25) is 0 Å². The first-order chi connectivity index (χ1) is 6.31. The molecule has 0 spiro atoms. The molecule has 0 aromatic heterocycles. The van der Waals surface area contributed by atoms with Crippen molar-refractivity contribution in [3.05, 3.63) is 23.8 Å². The Labute approximate surface area is 83.9 Å². The summed E-state index contributed by atoms with van der Waals surface area (Å²) < 4.78 is 0. The molecule has 0 aliphatic rings. The molecule has 0 bridgehead atoms. The maximum Gasteiger partial charge on any atom is 0.0341 e. The zero-order valence-corrected chi connectivity index (χ0v) is 8.95. The lowest BCUT2D eigenvalue weighted by Gasteiger charge is -2.08. The van der Waals surface area contributed by atoms with Gasteiger partial charge in [0.05, 0.1) is 0 Å². The molecule has 13 heavy (non-hydrogen) atoms. The van der Waals surface area contributed by atoms with Crippen LogP contribution in [0, 0.1) is 0 Å². The number of benzene rings is 1. The van der Waals surface area contributed by atoms with Crippen molar-refractivity contribution < 1.29 is 0 Å². The second kappa shape index (κ2) is 5.14. The van der Waals surface area contributed by atoms with E-state index in [1.165, 1.54) is 10.5 Å². The Hall–Kier alpha value is -0.670. The lowest BCUT2D eigenvalue weighted by molar-refractivity contribution is 1.03. The van der Waals surface area contributed by atoms with Crippen LogP contribution in [0.15, 0.2) is 23.1 Å². The van der Waals surface area contributed by atoms with Crippen LogP contribution in [-0.4, -0.2) is 12.8 Å². The molecule has 2 nitrogen and oxygen atoms in total. The topological polar surface area (TPSA) is 38.0 Å². The lowest BCUT2D eigenvalue weighted by Crippen LogP contribution is -2.00. The maximum atomic E-state index is 5.66. The van der Waals surface area contributed by atoms with Crippen molar-refractivity contribution in [2.45, 2.75) is 18.4 Å². The number of hydrogen-bond acceptors (Lipinski definition) is 3. The highest BCUT2D eigenvalue weighted by atomic mass is 32.2. The van der Waals surface area contributed by atoms with E-state index < -0.39 is 0 Å². The molecule has 0 atom stereocenters. The van der Waals surface area contributed by atoms with Gasteiger partial charge >= 0.3 is 0 Å². The third-order valence-electron chi connectivity index (χ3n) is 1.87. The predicted molar refractivity (Wildman–Crippen MR) is 60.3 cm³/mol. The summed E-state index contributed by atoms with van der Waals surface area (Å²) in [5.74, 6) is 1.09. The van der Waals surface area contributed by atoms with Crippen LogP contribution in [0.2, 0.25) is 0 Å². The summed E-state index contributed by atoms with van der Waals surface area (Å²) in [5, 5.41) is 3.11. The van der Waals surface area contributed by atoms with Crippen LogP contribution in [0.5, 0.6) is 0 Å². The van der Waals surface area contributed by atoms with Crippen LogP contribution in [0.4, 0.5) is 5.69 Å². The first kappa shape index (κ1) is 10.4. The SMILES string of the molecule is CCSc1ccc(NC)cc1CN.